The Balaban J connectivity index is 4.05. The highest BCUT2D eigenvalue weighted by Gasteiger charge is 2.15. The smallest absolute Gasteiger partial charge is 0.306 e. The van der Waals surface area contributed by atoms with E-state index in [9.17, 15) is 19.8 Å². The summed E-state index contributed by atoms with van der Waals surface area (Å²) in [7, 11) is 0. The number of unbranched alkanes of at least 4 members (excludes halogenated alkanes) is 22. The zero-order valence-corrected chi connectivity index (χ0v) is 34.3. The second-order valence-electron chi connectivity index (χ2n) is 15.4. The SMILES string of the molecule is CCCCCCCCCOC(=O)CCCCCC(O)CN(CCO)CCCCCCCC(=O)OC(CCCCCCCC)CCCCCCCC. The van der Waals surface area contributed by atoms with Crippen LogP contribution in [-0.2, 0) is 19.1 Å². The van der Waals surface area contributed by atoms with Crippen LogP contribution in [0.3, 0.4) is 0 Å². The summed E-state index contributed by atoms with van der Waals surface area (Å²) in [4.78, 5) is 26.8. The maximum Gasteiger partial charge on any atom is 0.306 e. The summed E-state index contributed by atoms with van der Waals surface area (Å²) in [6, 6.07) is 0. The van der Waals surface area contributed by atoms with E-state index in [1.54, 1.807) is 0 Å². The number of carbonyl (C=O) groups is 2. The predicted molar refractivity (Wildman–Crippen MR) is 215 cm³/mol. The molecule has 0 aliphatic heterocycles. The van der Waals surface area contributed by atoms with Crippen molar-refractivity contribution >= 4 is 11.9 Å². The van der Waals surface area contributed by atoms with Crippen LogP contribution >= 0.6 is 0 Å². The molecule has 0 fully saturated rings. The molecule has 0 saturated heterocycles. The van der Waals surface area contributed by atoms with Gasteiger partial charge in [0.15, 0.2) is 0 Å². The molecule has 0 radical (unpaired) electrons. The van der Waals surface area contributed by atoms with Gasteiger partial charge in [-0.1, -0.05) is 156 Å². The highest BCUT2D eigenvalue weighted by molar-refractivity contribution is 5.69. The number of aliphatic hydroxyl groups excluding tert-OH is 2. The van der Waals surface area contributed by atoms with Crippen LogP contribution in [0.25, 0.3) is 0 Å². The van der Waals surface area contributed by atoms with E-state index in [0.717, 1.165) is 83.6 Å². The molecular weight excluding hydrogens is 638 g/mol. The Labute approximate surface area is 316 Å². The zero-order valence-electron chi connectivity index (χ0n) is 34.3. The van der Waals surface area contributed by atoms with Crippen LogP contribution in [0.2, 0.25) is 0 Å². The minimum atomic E-state index is -0.419. The Morgan fingerprint density at radius 3 is 1.49 bits per heavy atom. The van der Waals surface area contributed by atoms with E-state index in [1.165, 1.54) is 109 Å². The van der Waals surface area contributed by atoms with Crippen LogP contribution in [-0.4, -0.2) is 72.1 Å². The first-order valence-corrected chi connectivity index (χ1v) is 22.3. The van der Waals surface area contributed by atoms with E-state index in [-0.39, 0.29) is 24.6 Å². The molecule has 0 saturated carbocycles. The van der Waals surface area contributed by atoms with Crippen molar-refractivity contribution in [3.63, 3.8) is 0 Å². The third kappa shape index (κ3) is 36.9. The molecule has 304 valence electrons. The van der Waals surface area contributed by atoms with E-state index < -0.39 is 6.10 Å². The normalized spacial score (nSPS) is 12.2. The number of hydrogen-bond acceptors (Lipinski definition) is 7. The Morgan fingerprint density at radius 2 is 0.941 bits per heavy atom. The van der Waals surface area contributed by atoms with Gasteiger partial charge in [0.1, 0.15) is 6.10 Å². The molecule has 1 unspecified atom stereocenters. The lowest BCUT2D eigenvalue weighted by Gasteiger charge is -2.24. The summed E-state index contributed by atoms with van der Waals surface area (Å²) >= 11 is 0. The lowest BCUT2D eigenvalue weighted by molar-refractivity contribution is -0.150. The van der Waals surface area contributed by atoms with Gasteiger partial charge in [-0.05, 0) is 64.3 Å². The van der Waals surface area contributed by atoms with Gasteiger partial charge in [-0.2, -0.15) is 0 Å². The van der Waals surface area contributed by atoms with E-state index in [2.05, 4.69) is 25.7 Å². The molecule has 0 aromatic rings. The maximum atomic E-state index is 12.7. The Bertz CT molecular complexity index is 718. The van der Waals surface area contributed by atoms with Gasteiger partial charge in [0.25, 0.3) is 0 Å². The summed E-state index contributed by atoms with van der Waals surface area (Å²) < 4.78 is 11.4. The predicted octanol–water partition coefficient (Wildman–Crippen LogP) is 11.6. The molecule has 51 heavy (non-hydrogen) atoms. The molecule has 1 atom stereocenters. The molecule has 7 heteroatoms. The van der Waals surface area contributed by atoms with Crippen LogP contribution in [0.15, 0.2) is 0 Å². The van der Waals surface area contributed by atoms with E-state index in [0.29, 0.717) is 39.0 Å². The molecule has 0 aromatic carbocycles. The van der Waals surface area contributed by atoms with Crippen molar-refractivity contribution in [2.45, 2.75) is 238 Å². The van der Waals surface area contributed by atoms with Crippen molar-refractivity contribution in [1.29, 1.82) is 0 Å². The van der Waals surface area contributed by atoms with Gasteiger partial charge in [-0.3, -0.25) is 14.5 Å². The number of hydrogen-bond donors (Lipinski definition) is 2. The average molecular weight is 726 g/mol. The van der Waals surface area contributed by atoms with Crippen LogP contribution in [0.4, 0.5) is 0 Å². The van der Waals surface area contributed by atoms with Crippen LogP contribution in [0.1, 0.15) is 226 Å². The third-order valence-corrected chi connectivity index (χ3v) is 10.2. The second-order valence-corrected chi connectivity index (χ2v) is 15.4. The molecule has 0 aromatic heterocycles. The Hall–Kier alpha value is -1.18. The molecule has 0 rings (SSSR count). The van der Waals surface area contributed by atoms with Crippen LogP contribution in [0, 0.1) is 0 Å². The fraction of sp³-hybridized carbons (Fsp3) is 0.955. The van der Waals surface area contributed by atoms with E-state index in [4.69, 9.17) is 9.47 Å². The summed E-state index contributed by atoms with van der Waals surface area (Å²) in [5, 5.41) is 20.1. The molecule has 2 N–H and O–H groups in total. The van der Waals surface area contributed by atoms with E-state index in [1.807, 2.05) is 0 Å². The summed E-state index contributed by atoms with van der Waals surface area (Å²) in [5.41, 5.74) is 0. The largest absolute Gasteiger partial charge is 0.466 e. The Morgan fingerprint density at radius 1 is 0.510 bits per heavy atom. The van der Waals surface area contributed by atoms with Gasteiger partial charge < -0.3 is 19.7 Å². The molecule has 0 amide bonds. The highest BCUT2D eigenvalue weighted by Crippen LogP contribution is 2.18. The molecule has 0 heterocycles. The lowest BCUT2D eigenvalue weighted by Crippen LogP contribution is -2.35. The summed E-state index contributed by atoms with van der Waals surface area (Å²) in [6.07, 6.45) is 34.9. The number of rotatable bonds is 41. The number of nitrogens with zero attached hydrogens (tertiary/aromatic N) is 1. The topological polar surface area (TPSA) is 96.3 Å². The molecule has 7 nitrogen and oxygen atoms in total. The average Bonchev–Trinajstić information content (AvgIpc) is 3.11. The minimum Gasteiger partial charge on any atom is -0.466 e. The monoisotopic (exact) mass is 726 g/mol. The standard InChI is InChI=1S/C44H87NO6/c1-4-7-10-13-16-22-30-39-50-43(48)34-28-23-24-31-41(47)40-45(37-38-46)36-29-21-17-20-27-35-44(49)51-42(32-25-18-14-11-8-5-2)33-26-19-15-12-9-6-3/h41-42,46-47H,4-40H2,1-3H3. The van der Waals surface area contributed by atoms with Gasteiger partial charge in [0.2, 0.25) is 0 Å². The highest BCUT2D eigenvalue weighted by atomic mass is 16.5. The quantitative estimate of drug-likeness (QED) is 0.0478. The molecule has 0 aliphatic rings. The Kier molecular flexibility index (Phi) is 39.1. The van der Waals surface area contributed by atoms with Crippen molar-refractivity contribution < 1.29 is 29.3 Å². The fourth-order valence-electron chi connectivity index (χ4n) is 6.92. The fourth-order valence-corrected chi connectivity index (χ4v) is 6.92. The van der Waals surface area contributed by atoms with Crippen LogP contribution in [0.5, 0.6) is 0 Å². The van der Waals surface area contributed by atoms with Crippen LogP contribution < -0.4 is 0 Å². The third-order valence-electron chi connectivity index (χ3n) is 10.2. The lowest BCUT2D eigenvalue weighted by atomic mass is 10.0. The van der Waals surface area contributed by atoms with E-state index >= 15 is 0 Å². The number of esters is 2. The minimum absolute atomic E-state index is 0.0150. The number of ether oxygens (including phenoxy) is 2. The first kappa shape index (κ1) is 49.8. The number of carbonyl (C=O) groups excluding carboxylic acids is 2. The summed E-state index contributed by atoms with van der Waals surface area (Å²) in [5.74, 6) is -0.111. The van der Waals surface area contributed by atoms with Gasteiger partial charge in [-0.15, -0.1) is 0 Å². The molecular formula is C44H87NO6. The van der Waals surface area contributed by atoms with Crippen molar-refractivity contribution in [2.75, 3.05) is 32.8 Å². The summed E-state index contributed by atoms with van der Waals surface area (Å²) in [6.45, 7) is 9.38. The molecule has 0 aliphatic carbocycles. The van der Waals surface area contributed by atoms with Crippen molar-refractivity contribution in [1.82, 2.24) is 4.90 Å². The maximum absolute atomic E-state index is 12.7. The zero-order chi connectivity index (χ0) is 37.5. The first-order chi connectivity index (χ1) is 25.0. The van der Waals surface area contributed by atoms with Crippen molar-refractivity contribution in [3.8, 4) is 0 Å². The second kappa shape index (κ2) is 40.0. The number of aliphatic hydroxyl groups is 2. The van der Waals surface area contributed by atoms with Gasteiger partial charge >= 0.3 is 11.9 Å². The van der Waals surface area contributed by atoms with Crippen molar-refractivity contribution in [2.24, 2.45) is 0 Å². The molecule has 0 bridgehead atoms. The van der Waals surface area contributed by atoms with Gasteiger partial charge in [0.05, 0.1) is 19.3 Å². The first-order valence-electron chi connectivity index (χ1n) is 22.3. The van der Waals surface area contributed by atoms with Crippen molar-refractivity contribution in [3.05, 3.63) is 0 Å². The van der Waals surface area contributed by atoms with Gasteiger partial charge in [-0.25, -0.2) is 0 Å². The van der Waals surface area contributed by atoms with Gasteiger partial charge in [0, 0.05) is 25.9 Å². The molecule has 0 spiro atoms.